The highest BCUT2D eigenvalue weighted by Crippen LogP contribution is 2.46. The number of aromatic nitrogens is 1. The zero-order valence-electron chi connectivity index (χ0n) is 32.9. The van der Waals surface area contributed by atoms with Gasteiger partial charge in [-0.1, -0.05) is 37.1 Å². The minimum Gasteiger partial charge on any atom is -0.484 e. The molecule has 0 bridgehead atoms. The van der Waals surface area contributed by atoms with E-state index in [4.69, 9.17) is 18.9 Å². The van der Waals surface area contributed by atoms with Gasteiger partial charge in [0.25, 0.3) is 5.91 Å². The van der Waals surface area contributed by atoms with Crippen molar-refractivity contribution in [3.8, 4) is 5.75 Å². The van der Waals surface area contributed by atoms with E-state index < -0.39 is 80.2 Å². The van der Waals surface area contributed by atoms with Gasteiger partial charge < -0.3 is 29.4 Å². The summed E-state index contributed by atoms with van der Waals surface area (Å²) >= 11 is 0. The number of halogens is 1. The van der Waals surface area contributed by atoms with Crippen LogP contribution in [-0.4, -0.2) is 83.2 Å². The SMILES string of the molecule is Cc1cccc2c1oc1c(O[C@@H]3C[C@H]4C(=O)N[C@]5(C(=O)NS(=O)(=O)C6CC6)C[C@@H]5/C=C\CCCCC[C@H](NC(=O)OC(C)(C)C)C(=O)N4C3)c3cc(F)ccc3nc12. The lowest BCUT2D eigenvalue weighted by atomic mass is 10.0. The molecular formula is C42H48FN5O9S. The Morgan fingerprint density at radius 1 is 1.05 bits per heavy atom. The molecule has 0 unspecified atom stereocenters. The second-order valence-corrected chi connectivity index (χ2v) is 19.0. The summed E-state index contributed by atoms with van der Waals surface area (Å²) in [4.78, 5) is 62.3. The van der Waals surface area contributed by atoms with Crippen molar-refractivity contribution < 1.29 is 45.9 Å². The van der Waals surface area contributed by atoms with Gasteiger partial charge in [0.15, 0.2) is 11.3 Å². The lowest BCUT2D eigenvalue weighted by molar-refractivity contribution is -0.141. The monoisotopic (exact) mass is 817 g/mol. The number of pyridine rings is 1. The van der Waals surface area contributed by atoms with E-state index in [1.165, 1.54) is 17.0 Å². The van der Waals surface area contributed by atoms with Crippen molar-refractivity contribution in [3.63, 3.8) is 0 Å². The number of para-hydroxylation sites is 1. The van der Waals surface area contributed by atoms with E-state index in [1.54, 1.807) is 26.8 Å². The molecule has 2 aliphatic heterocycles. The lowest BCUT2D eigenvalue weighted by Crippen LogP contribution is -2.58. The van der Waals surface area contributed by atoms with E-state index >= 15 is 0 Å². The number of nitrogens with zero attached hydrogens (tertiary/aromatic N) is 2. The average Bonchev–Trinajstić information content (AvgIpc) is 4.05. The molecule has 58 heavy (non-hydrogen) atoms. The molecule has 1 saturated heterocycles. The van der Waals surface area contributed by atoms with Crippen LogP contribution in [0.15, 0.2) is 53.0 Å². The summed E-state index contributed by atoms with van der Waals surface area (Å²) in [7, 11) is -3.94. The maximum absolute atomic E-state index is 14.9. The van der Waals surface area contributed by atoms with Gasteiger partial charge in [-0.15, -0.1) is 0 Å². The molecule has 16 heteroatoms. The van der Waals surface area contributed by atoms with Crippen molar-refractivity contribution in [2.45, 2.75) is 120 Å². The number of carbonyl (C=O) groups is 4. The summed E-state index contributed by atoms with van der Waals surface area (Å²) < 4.78 is 61.5. The molecule has 4 aromatic rings. The standard InChI is InChI=1S/C42H48FN5O9S/c1-23-11-10-13-28-33-36(56-34(23)28)35(29-19-25(43)15-18-30(29)44-33)55-26-20-32-37(49)46-42(39(51)47-58(53,54)27-16-17-27)21-24(42)12-8-6-5-7-9-14-31(38(50)48(32)22-26)45-40(52)57-41(2,3)4/h8,10-13,15,18-19,24,26-27,31-32H,5-7,9,14,16-17,20-22H2,1-4H3,(H,45,52)(H,46,49)(H,47,51)/b12-8-/t24-,26+,31-,32-,42+/m0/s1. The second-order valence-electron chi connectivity index (χ2n) is 17.0. The third-order valence-corrected chi connectivity index (χ3v) is 13.2. The molecule has 3 N–H and O–H groups in total. The fourth-order valence-electron chi connectivity index (χ4n) is 8.12. The highest BCUT2D eigenvalue weighted by Gasteiger charge is 2.62. The molecule has 14 nitrogen and oxygen atoms in total. The van der Waals surface area contributed by atoms with E-state index in [0.29, 0.717) is 47.7 Å². The molecule has 3 fully saturated rings. The number of hydrogen-bond acceptors (Lipinski definition) is 10. The Morgan fingerprint density at radius 2 is 1.84 bits per heavy atom. The average molecular weight is 818 g/mol. The molecule has 2 aromatic carbocycles. The third kappa shape index (κ3) is 7.82. The topological polar surface area (TPSA) is 186 Å². The van der Waals surface area contributed by atoms with Gasteiger partial charge in [-0.25, -0.2) is 22.6 Å². The van der Waals surface area contributed by atoms with Crippen LogP contribution in [-0.2, 0) is 29.1 Å². The molecule has 5 atom stereocenters. The quantitative estimate of drug-likeness (QED) is 0.200. The van der Waals surface area contributed by atoms with Crippen molar-refractivity contribution in [2.75, 3.05) is 6.54 Å². The summed E-state index contributed by atoms with van der Waals surface area (Å²) in [5.41, 5.74) is 0.239. The zero-order valence-corrected chi connectivity index (χ0v) is 33.7. The number of sulfonamides is 1. The summed E-state index contributed by atoms with van der Waals surface area (Å²) in [6.45, 7) is 6.91. The summed E-state index contributed by atoms with van der Waals surface area (Å²) in [5.74, 6) is -2.88. The Kier molecular flexibility index (Phi) is 10.1. The van der Waals surface area contributed by atoms with Gasteiger partial charge >= 0.3 is 6.09 Å². The number of fused-ring (bicyclic) bond motifs is 6. The summed E-state index contributed by atoms with van der Waals surface area (Å²) in [6.07, 6.45) is 6.12. The maximum atomic E-state index is 14.9. The van der Waals surface area contributed by atoms with Crippen LogP contribution in [0.3, 0.4) is 0 Å². The molecule has 4 aliphatic rings. The van der Waals surface area contributed by atoms with Crippen LogP contribution in [0.1, 0.15) is 84.1 Å². The van der Waals surface area contributed by atoms with Crippen LogP contribution < -0.4 is 20.1 Å². The number of benzene rings is 2. The summed E-state index contributed by atoms with van der Waals surface area (Å²) in [6, 6.07) is 7.51. The van der Waals surface area contributed by atoms with Crippen LogP contribution in [0.5, 0.6) is 5.75 Å². The number of rotatable bonds is 6. The fourth-order valence-corrected chi connectivity index (χ4v) is 9.49. The molecule has 308 valence electrons. The highest BCUT2D eigenvalue weighted by atomic mass is 32.2. The van der Waals surface area contributed by atoms with Gasteiger partial charge in [-0.3, -0.25) is 19.1 Å². The first-order valence-electron chi connectivity index (χ1n) is 20.0. The molecule has 2 saturated carbocycles. The van der Waals surface area contributed by atoms with E-state index in [-0.39, 0.29) is 37.1 Å². The number of furan rings is 1. The van der Waals surface area contributed by atoms with E-state index in [0.717, 1.165) is 23.8 Å². The normalized spacial score (nSPS) is 26.3. The summed E-state index contributed by atoms with van der Waals surface area (Å²) in [5, 5.41) is 6.00. The Hall–Kier alpha value is -5.25. The predicted octanol–water partition coefficient (Wildman–Crippen LogP) is 5.83. The Morgan fingerprint density at radius 3 is 2.60 bits per heavy atom. The van der Waals surface area contributed by atoms with Crippen LogP contribution in [0.2, 0.25) is 0 Å². The predicted molar refractivity (Wildman–Crippen MR) is 213 cm³/mol. The molecule has 2 aliphatic carbocycles. The fraction of sp³-hybridized carbons (Fsp3) is 0.500. The van der Waals surface area contributed by atoms with Crippen LogP contribution in [0.25, 0.3) is 33.0 Å². The second kappa shape index (κ2) is 14.8. The Labute approximate surface area is 335 Å². The zero-order chi connectivity index (χ0) is 41.1. The highest BCUT2D eigenvalue weighted by molar-refractivity contribution is 7.91. The van der Waals surface area contributed by atoms with E-state index in [1.807, 2.05) is 37.3 Å². The smallest absolute Gasteiger partial charge is 0.408 e. The van der Waals surface area contributed by atoms with Gasteiger partial charge in [0.05, 0.1) is 17.3 Å². The largest absolute Gasteiger partial charge is 0.484 e. The van der Waals surface area contributed by atoms with Gasteiger partial charge in [0.1, 0.15) is 46.2 Å². The Balaban J connectivity index is 1.17. The molecular weight excluding hydrogens is 770 g/mol. The molecule has 0 spiro atoms. The van der Waals surface area contributed by atoms with Gasteiger partial charge in [-0.2, -0.15) is 0 Å². The number of alkyl carbamates (subject to hydrolysis) is 1. The number of carbonyl (C=O) groups excluding carboxylic acids is 4. The van der Waals surface area contributed by atoms with Gasteiger partial charge in [0, 0.05) is 23.1 Å². The van der Waals surface area contributed by atoms with Crippen molar-refractivity contribution in [1.82, 2.24) is 25.2 Å². The molecule has 4 amide bonds. The molecule has 4 heterocycles. The van der Waals surface area contributed by atoms with Crippen LogP contribution in [0.4, 0.5) is 9.18 Å². The van der Waals surface area contributed by atoms with E-state index in [2.05, 4.69) is 15.4 Å². The molecule has 0 radical (unpaired) electrons. The Bertz CT molecular complexity index is 2480. The number of amides is 4. The minimum atomic E-state index is -3.94. The third-order valence-electron chi connectivity index (χ3n) is 11.3. The van der Waals surface area contributed by atoms with Gasteiger partial charge in [-0.05, 0) is 96.0 Å². The van der Waals surface area contributed by atoms with Crippen molar-refractivity contribution in [1.29, 1.82) is 0 Å². The van der Waals surface area contributed by atoms with Crippen molar-refractivity contribution in [2.24, 2.45) is 5.92 Å². The molecule has 8 rings (SSSR count). The first-order valence-corrected chi connectivity index (χ1v) is 21.5. The number of allylic oxidation sites excluding steroid dienone is 1. The lowest BCUT2D eigenvalue weighted by Gasteiger charge is -2.30. The molecule has 2 aromatic heterocycles. The van der Waals surface area contributed by atoms with Gasteiger partial charge in [0.2, 0.25) is 21.8 Å². The minimum absolute atomic E-state index is 0.0603. The first-order chi connectivity index (χ1) is 27.5. The van der Waals surface area contributed by atoms with Crippen molar-refractivity contribution >= 4 is 66.8 Å². The number of aryl methyl sites for hydroxylation is 1. The van der Waals surface area contributed by atoms with Crippen LogP contribution >= 0.6 is 0 Å². The van der Waals surface area contributed by atoms with Crippen LogP contribution in [0, 0.1) is 18.7 Å². The van der Waals surface area contributed by atoms with E-state index in [9.17, 15) is 32.0 Å². The number of hydrogen-bond donors (Lipinski definition) is 3. The first kappa shape index (κ1) is 39.6. The number of ether oxygens (including phenoxy) is 2. The van der Waals surface area contributed by atoms with Crippen molar-refractivity contribution in [3.05, 3.63) is 59.9 Å². The number of nitrogens with one attached hydrogen (secondary N) is 3. The maximum Gasteiger partial charge on any atom is 0.408 e.